The number of rotatable bonds is 13. The molecule has 1 saturated heterocycles. The van der Waals surface area contributed by atoms with Crippen molar-refractivity contribution in [1.29, 1.82) is 0 Å². The van der Waals surface area contributed by atoms with E-state index >= 15 is 0 Å². The number of aromatic nitrogens is 1. The van der Waals surface area contributed by atoms with Gasteiger partial charge in [0.2, 0.25) is 33.8 Å². The number of ether oxygens (including phenoxy) is 3. The van der Waals surface area contributed by atoms with Crippen molar-refractivity contribution >= 4 is 44.4 Å². The topological polar surface area (TPSA) is 182 Å². The molecule has 4 amide bonds. The molecule has 0 spiro atoms. The fourth-order valence-corrected chi connectivity index (χ4v) is 9.86. The van der Waals surface area contributed by atoms with Crippen molar-refractivity contribution in [3.63, 3.8) is 0 Å². The maximum absolute atomic E-state index is 14.8. The smallest absolute Gasteiger partial charge is 0.265 e. The molecule has 8 rings (SSSR count). The van der Waals surface area contributed by atoms with E-state index in [0.29, 0.717) is 30.2 Å². The van der Waals surface area contributed by atoms with Gasteiger partial charge in [0.25, 0.3) is 11.8 Å². The van der Waals surface area contributed by atoms with Gasteiger partial charge in [-0.2, -0.15) is 0 Å². The molecule has 0 unspecified atom stereocenters. The molecule has 4 aliphatic rings. The van der Waals surface area contributed by atoms with E-state index in [-0.39, 0.29) is 32.4 Å². The van der Waals surface area contributed by atoms with Crippen LogP contribution in [0.3, 0.4) is 0 Å². The minimum Gasteiger partial charge on any atom is -0.485 e. The molecule has 1 aromatic heterocycles. The van der Waals surface area contributed by atoms with E-state index in [4.69, 9.17) is 14.2 Å². The molecule has 2 aliphatic carbocycles. The number of benzene rings is 3. The number of carbonyl (C=O) groups excluding carboxylic acids is 4. The second kappa shape index (κ2) is 15.6. The van der Waals surface area contributed by atoms with E-state index in [1.807, 2.05) is 60.7 Å². The Balaban J connectivity index is 1.05. The third-order valence-electron chi connectivity index (χ3n) is 12.0. The molecular weight excluding hydrogens is 787 g/mol. The Morgan fingerprint density at radius 2 is 1.67 bits per heavy atom. The zero-order valence-corrected chi connectivity index (χ0v) is 34.6. The molecule has 0 bridgehead atoms. The maximum atomic E-state index is 14.8. The summed E-state index contributed by atoms with van der Waals surface area (Å²) in [6, 6.07) is 23.3. The molecule has 0 radical (unpaired) electrons. The Bertz CT molecular complexity index is 2450. The minimum atomic E-state index is -4.16. The highest BCUT2D eigenvalue weighted by atomic mass is 32.2. The highest BCUT2D eigenvalue weighted by molar-refractivity contribution is 7.91. The molecule has 15 heteroatoms. The van der Waals surface area contributed by atoms with Gasteiger partial charge in [-0.25, -0.2) is 13.4 Å². The molecule has 4 aromatic rings. The predicted molar refractivity (Wildman–Crippen MR) is 222 cm³/mol. The normalized spacial score (nSPS) is 24.4. The molecule has 2 aliphatic heterocycles. The molecule has 3 N–H and O–H groups in total. The van der Waals surface area contributed by atoms with Crippen LogP contribution in [0.4, 0.5) is 0 Å². The number of pyridine rings is 1. The molecule has 3 aromatic carbocycles. The van der Waals surface area contributed by atoms with E-state index in [1.54, 1.807) is 51.2 Å². The van der Waals surface area contributed by atoms with Gasteiger partial charge in [-0.15, -0.1) is 6.58 Å². The lowest BCUT2D eigenvalue weighted by molar-refractivity contribution is -0.146. The summed E-state index contributed by atoms with van der Waals surface area (Å²) in [5.74, 6) is -2.02. The number of fused-ring (bicyclic) bond motifs is 2. The molecule has 3 heterocycles. The van der Waals surface area contributed by atoms with Crippen LogP contribution in [0.1, 0.15) is 52.0 Å². The van der Waals surface area contributed by atoms with Crippen molar-refractivity contribution in [3.8, 4) is 17.4 Å². The first kappa shape index (κ1) is 40.8. The van der Waals surface area contributed by atoms with Gasteiger partial charge in [-0.3, -0.25) is 23.9 Å². The fourth-order valence-electron chi connectivity index (χ4n) is 8.22. The molecule has 314 valence electrons. The summed E-state index contributed by atoms with van der Waals surface area (Å²) >= 11 is 0. The largest absolute Gasteiger partial charge is 0.485 e. The number of para-hydroxylation sites is 2. The van der Waals surface area contributed by atoms with Crippen LogP contribution in [0, 0.1) is 11.3 Å². The summed E-state index contributed by atoms with van der Waals surface area (Å²) in [7, 11) is -4.16. The van der Waals surface area contributed by atoms with Gasteiger partial charge in [0.15, 0.2) is 11.5 Å². The van der Waals surface area contributed by atoms with Gasteiger partial charge in [-0.05, 0) is 66.3 Å². The van der Waals surface area contributed by atoms with Crippen molar-refractivity contribution in [1.82, 2.24) is 25.2 Å². The number of hydrogen-bond acceptors (Lipinski definition) is 10. The first-order valence-electron chi connectivity index (χ1n) is 20.2. The van der Waals surface area contributed by atoms with Crippen molar-refractivity contribution < 1.29 is 41.8 Å². The average Bonchev–Trinajstić information content (AvgIpc) is 4.14. The van der Waals surface area contributed by atoms with E-state index in [0.717, 1.165) is 16.3 Å². The van der Waals surface area contributed by atoms with Crippen LogP contribution in [-0.2, 0) is 35.6 Å². The number of sulfonamides is 1. The van der Waals surface area contributed by atoms with Gasteiger partial charge in [0, 0.05) is 23.9 Å². The third kappa shape index (κ3) is 7.89. The fraction of sp³-hybridized carbons (Fsp3) is 0.400. The van der Waals surface area contributed by atoms with Gasteiger partial charge in [0.1, 0.15) is 30.3 Å². The first-order valence-corrected chi connectivity index (χ1v) is 21.7. The standard InChI is InChI=1S/C45H49N5O9S/c1-5-30-25-45(30,42(54)49-60(55,56)44(20-21-44)24-28-13-7-6-8-14-28)48-38(51)33-23-31(58-40-32-16-10-9-15-29(32)19-22-46-40)26-50(33)41(53)37(43(2,3)4)47-39(52)36-27-57-34-17-11-12-18-35(34)59-36/h5-19,22,30-31,33,36-37H,1,20-21,23-27H2,2-4H3,(H,47,52)(H,48,51)(H,49,54)/t30-,31-,33+,36+,37-,45-/m1/s1. The summed E-state index contributed by atoms with van der Waals surface area (Å²) < 4.78 is 47.0. The number of amides is 4. The lowest BCUT2D eigenvalue weighted by Gasteiger charge is -2.36. The molecular formula is C45H49N5O9S. The zero-order chi connectivity index (χ0) is 42.5. The van der Waals surface area contributed by atoms with Crippen LogP contribution in [0.25, 0.3) is 10.8 Å². The monoisotopic (exact) mass is 835 g/mol. The Morgan fingerprint density at radius 3 is 2.37 bits per heavy atom. The Kier molecular flexibility index (Phi) is 10.6. The molecule has 6 atom stereocenters. The number of nitrogens with one attached hydrogen (secondary N) is 3. The first-order chi connectivity index (χ1) is 28.6. The van der Waals surface area contributed by atoms with E-state index in [2.05, 4.69) is 26.9 Å². The quantitative estimate of drug-likeness (QED) is 0.165. The van der Waals surface area contributed by atoms with Gasteiger partial charge >= 0.3 is 0 Å². The van der Waals surface area contributed by atoms with Crippen molar-refractivity contribution in [2.24, 2.45) is 11.3 Å². The van der Waals surface area contributed by atoms with Crippen molar-refractivity contribution in [2.45, 2.75) is 87.5 Å². The highest BCUT2D eigenvalue weighted by Gasteiger charge is 2.63. The van der Waals surface area contributed by atoms with Crippen LogP contribution in [0.5, 0.6) is 17.4 Å². The third-order valence-corrected chi connectivity index (χ3v) is 14.1. The second-order valence-electron chi connectivity index (χ2n) is 17.3. The van der Waals surface area contributed by atoms with E-state index in [9.17, 15) is 27.6 Å². The van der Waals surface area contributed by atoms with Crippen molar-refractivity contribution in [2.75, 3.05) is 13.2 Å². The summed E-state index contributed by atoms with van der Waals surface area (Å²) in [4.78, 5) is 63.1. The Morgan fingerprint density at radius 1 is 0.967 bits per heavy atom. The van der Waals surface area contributed by atoms with Crippen molar-refractivity contribution in [3.05, 3.63) is 109 Å². The minimum absolute atomic E-state index is 0.0125. The molecule has 3 fully saturated rings. The van der Waals surface area contributed by atoms with Gasteiger partial charge < -0.3 is 29.7 Å². The van der Waals surface area contributed by atoms with Crippen LogP contribution in [0.2, 0.25) is 0 Å². The van der Waals surface area contributed by atoms with Crippen LogP contribution < -0.4 is 29.6 Å². The second-order valence-corrected chi connectivity index (χ2v) is 19.4. The lowest BCUT2D eigenvalue weighted by atomic mass is 9.85. The summed E-state index contributed by atoms with van der Waals surface area (Å²) in [5.41, 5.74) is -1.64. The van der Waals surface area contributed by atoms with Crippen LogP contribution in [0.15, 0.2) is 104 Å². The van der Waals surface area contributed by atoms with Gasteiger partial charge in [0.05, 0.1) is 11.3 Å². The zero-order valence-electron chi connectivity index (χ0n) is 33.8. The molecule has 60 heavy (non-hydrogen) atoms. The SMILES string of the molecule is C=C[C@@H]1C[C@]1(NC(=O)[C@@H]1C[C@@H](Oc2nccc3ccccc23)CN1C(=O)[C@@H](NC(=O)[C@@H]1COc2ccccc2O1)C(C)(C)C)C(=O)NS(=O)(=O)C1(Cc2ccccc2)CC1. The number of likely N-dealkylation sites (tertiary alicyclic amines) is 1. The summed E-state index contributed by atoms with van der Waals surface area (Å²) in [6.45, 7) is 9.10. The molecule has 14 nitrogen and oxygen atoms in total. The maximum Gasteiger partial charge on any atom is 0.265 e. The van der Waals surface area contributed by atoms with Gasteiger partial charge in [-0.1, -0.05) is 87.5 Å². The van der Waals surface area contributed by atoms with Crippen LogP contribution in [-0.4, -0.2) is 89.7 Å². The number of carbonyl (C=O) groups is 4. The highest BCUT2D eigenvalue weighted by Crippen LogP contribution is 2.48. The number of hydrogen-bond donors (Lipinski definition) is 3. The lowest BCUT2D eigenvalue weighted by Crippen LogP contribution is -2.61. The Hall–Kier alpha value is -5.96. The molecule has 2 saturated carbocycles. The van der Waals surface area contributed by atoms with E-state index in [1.165, 1.54) is 11.0 Å². The average molecular weight is 836 g/mol. The number of nitrogens with zero attached hydrogens (tertiary/aromatic N) is 2. The van der Waals surface area contributed by atoms with E-state index < -0.39 is 79.6 Å². The Labute approximate surface area is 349 Å². The summed E-state index contributed by atoms with van der Waals surface area (Å²) in [6.07, 6.45) is 2.50. The van der Waals surface area contributed by atoms with Crippen LogP contribution >= 0.6 is 0 Å². The summed E-state index contributed by atoms with van der Waals surface area (Å²) in [5, 5.41) is 7.36. The predicted octanol–water partition coefficient (Wildman–Crippen LogP) is 4.24.